The molecule has 1 aliphatic rings. The number of hydrogen-bond acceptors (Lipinski definition) is 5. The van der Waals surface area contributed by atoms with Crippen LogP contribution in [0.4, 0.5) is 4.79 Å². The van der Waals surface area contributed by atoms with E-state index < -0.39 is 11.2 Å². The maximum atomic E-state index is 11.9. The highest BCUT2D eigenvalue weighted by Crippen LogP contribution is 2.25. The van der Waals surface area contributed by atoms with Crippen LogP contribution in [0.1, 0.15) is 33.6 Å². The maximum Gasteiger partial charge on any atom is 0.410 e. The van der Waals surface area contributed by atoms with E-state index >= 15 is 0 Å². The van der Waals surface area contributed by atoms with Crippen LogP contribution in [0.5, 0.6) is 0 Å². The van der Waals surface area contributed by atoms with Crippen molar-refractivity contribution in [2.45, 2.75) is 51.4 Å². The summed E-state index contributed by atoms with van der Waals surface area (Å²) in [7, 11) is 0. The van der Waals surface area contributed by atoms with E-state index in [1.54, 1.807) is 22.0 Å². The molecule has 112 valence electrons. The molecular weight excluding hydrogens is 260 g/mol. The molecule has 1 aliphatic heterocycles. The fourth-order valence-electron chi connectivity index (χ4n) is 2.21. The number of carbonyl (C=O) groups is 1. The number of amides is 1. The summed E-state index contributed by atoms with van der Waals surface area (Å²) < 4.78 is 6.94. The number of aliphatic hydroxyl groups is 1. The molecule has 1 fully saturated rings. The maximum absolute atomic E-state index is 11.9. The molecule has 1 aromatic rings. The predicted molar refractivity (Wildman–Crippen MR) is 72.0 cm³/mol. The molecule has 0 aliphatic carbocycles. The van der Waals surface area contributed by atoms with Crippen molar-refractivity contribution in [1.82, 2.24) is 19.9 Å². The molecule has 2 rings (SSSR count). The van der Waals surface area contributed by atoms with Crippen LogP contribution in [0.15, 0.2) is 12.4 Å². The Morgan fingerprint density at radius 3 is 2.55 bits per heavy atom. The average Bonchev–Trinajstić information content (AvgIpc) is 2.79. The Balaban J connectivity index is 1.87. The summed E-state index contributed by atoms with van der Waals surface area (Å²) >= 11 is 0. The first-order valence-corrected chi connectivity index (χ1v) is 6.82. The fourth-order valence-corrected chi connectivity index (χ4v) is 2.21. The molecule has 1 N–H and O–H groups in total. The van der Waals surface area contributed by atoms with Gasteiger partial charge in [-0.15, -0.1) is 5.10 Å². The van der Waals surface area contributed by atoms with Gasteiger partial charge in [-0.05, 0) is 33.6 Å². The molecular formula is C13H22N4O3. The lowest BCUT2D eigenvalue weighted by Gasteiger charge is -2.38. The smallest absolute Gasteiger partial charge is 0.410 e. The van der Waals surface area contributed by atoms with Gasteiger partial charge >= 0.3 is 6.09 Å². The van der Waals surface area contributed by atoms with E-state index in [0.717, 1.165) is 0 Å². The van der Waals surface area contributed by atoms with Crippen LogP contribution >= 0.6 is 0 Å². The highest BCUT2D eigenvalue weighted by molar-refractivity contribution is 5.68. The summed E-state index contributed by atoms with van der Waals surface area (Å²) in [5.74, 6) is 0. The molecule has 20 heavy (non-hydrogen) atoms. The summed E-state index contributed by atoms with van der Waals surface area (Å²) in [6.45, 7) is 6.90. The molecule has 0 unspecified atom stereocenters. The van der Waals surface area contributed by atoms with Gasteiger partial charge in [0.05, 0.1) is 18.3 Å². The number of piperidine rings is 1. The zero-order valence-corrected chi connectivity index (χ0v) is 12.2. The third kappa shape index (κ3) is 3.93. The Hall–Kier alpha value is -1.63. The number of hydrogen-bond donors (Lipinski definition) is 1. The van der Waals surface area contributed by atoms with E-state index in [1.807, 2.05) is 20.8 Å². The Kier molecular flexibility index (Phi) is 3.99. The van der Waals surface area contributed by atoms with Crippen LogP contribution in [0.25, 0.3) is 0 Å². The largest absolute Gasteiger partial charge is 0.444 e. The van der Waals surface area contributed by atoms with E-state index in [9.17, 15) is 9.90 Å². The van der Waals surface area contributed by atoms with Crippen molar-refractivity contribution in [3.63, 3.8) is 0 Å². The normalized spacial score (nSPS) is 18.9. The van der Waals surface area contributed by atoms with Crippen molar-refractivity contribution in [1.29, 1.82) is 0 Å². The minimum Gasteiger partial charge on any atom is -0.444 e. The quantitative estimate of drug-likeness (QED) is 0.876. The third-order valence-corrected chi connectivity index (χ3v) is 3.27. The summed E-state index contributed by atoms with van der Waals surface area (Å²) in [6.07, 6.45) is 4.00. The van der Waals surface area contributed by atoms with Crippen molar-refractivity contribution < 1.29 is 14.6 Å². The standard InChI is InChI=1S/C13H22N4O3/c1-12(2,3)20-11(18)16-7-4-13(19,5-8-16)10-17-9-6-14-15-17/h6,9,19H,4-5,7-8,10H2,1-3H3. The van der Waals surface area contributed by atoms with Gasteiger partial charge in [-0.25, -0.2) is 9.48 Å². The van der Waals surface area contributed by atoms with Gasteiger partial charge in [0.25, 0.3) is 0 Å². The molecule has 1 saturated heterocycles. The Morgan fingerprint density at radius 1 is 1.40 bits per heavy atom. The Bertz CT molecular complexity index is 445. The molecule has 1 amide bonds. The number of carbonyl (C=O) groups excluding carboxylic acids is 1. The lowest BCUT2D eigenvalue weighted by atomic mass is 9.91. The third-order valence-electron chi connectivity index (χ3n) is 3.27. The van der Waals surface area contributed by atoms with Crippen LogP contribution in [0, 0.1) is 0 Å². The van der Waals surface area contributed by atoms with E-state index in [-0.39, 0.29) is 6.09 Å². The predicted octanol–water partition coefficient (Wildman–Crippen LogP) is 1.04. The van der Waals surface area contributed by atoms with E-state index in [4.69, 9.17) is 4.74 Å². The molecule has 0 radical (unpaired) electrons. The fraction of sp³-hybridized carbons (Fsp3) is 0.769. The SMILES string of the molecule is CC(C)(C)OC(=O)N1CCC(O)(Cn2ccnn2)CC1. The Labute approximate surface area is 118 Å². The number of nitrogens with zero attached hydrogens (tertiary/aromatic N) is 4. The van der Waals surface area contributed by atoms with E-state index in [1.165, 1.54) is 0 Å². The zero-order valence-electron chi connectivity index (χ0n) is 12.2. The summed E-state index contributed by atoms with van der Waals surface area (Å²) in [4.78, 5) is 13.6. The molecule has 1 aromatic heterocycles. The van der Waals surface area contributed by atoms with E-state index in [0.29, 0.717) is 32.5 Å². The molecule has 0 spiro atoms. The minimum atomic E-state index is -0.841. The van der Waals surface area contributed by atoms with Gasteiger partial charge in [0.1, 0.15) is 5.60 Å². The average molecular weight is 282 g/mol. The van der Waals surface area contributed by atoms with Gasteiger partial charge in [0.2, 0.25) is 0 Å². The van der Waals surface area contributed by atoms with Gasteiger partial charge in [0.15, 0.2) is 0 Å². The Morgan fingerprint density at radius 2 is 2.05 bits per heavy atom. The van der Waals surface area contributed by atoms with Crippen molar-refractivity contribution in [2.24, 2.45) is 0 Å². The van der Waals surface area contributed by atoms with Gasteiger partial charge in [0, 0.05) is 19.3 Å². The van der Waals surface area contributed by atoms with Crippen molar-refractivity contribution >= 4 is 6.09 Å². The number of rotatable bonds is 2. The van der Waals surface area contributed by atoms with Crippen molar-refractivity contribution in [3.8, 4) is 0 Å². The molecule has 0 bridgehead atoms. The summed E-state index contributed by atoms with van der Waals surface area (Å²) in [5, 5.41) is 18.1. The summed E-state index contributed by atoms with van der Waals surface area (Å²) in [5.41, 5.74) is -1.34. The second-order valence-corrected chi connectivity index (χ2v) is 6.29. The van der Waals surface area contributed by atoms with Gasteiger partial charge in [-0.3, -0.25) is 0 Å². The highest BCUT2D eigenvalue weighted by atomic mass is 16.6. The molecule has 0 saturated carbocycles. The van der Waals surface area contributed by atoms with Crippen molar-refractivity contribution in [3.05, 3.63) is 12.4 Å². The topological polar surface area (TPSA) is 80.5 Å². The van der Waals surface area contributed by atoms with Crippen LogP contribution in [0.2, 0.25) is 0 Å². The first-order valence-electron chi connectivity index (χ1n) is 6.82. The lowest BCUT2D eigenvalue weighted by molar-refractivity contribution is -0.0434. The highest BCUT2D eigenvalue weighted by Gasteiger charge is 2.35. The molecule has 2 heterocycles. The molecule has 0 aromatic carbocycles. The van der Waals surface area contributed by atoms with Crippen LogP contribution in [-0.4, -0.2) is 55.4 Å². The van der Waals surface area contributed by atoms with Crippen molar-refractivity contribution in [2.75, 3.05) is 13.1 Å². The number of likely N-dealkylation sites (tertiary alicyclic amines) is 1. The van der Waals surface area contributed by atoms with E-state index in [2.05, 4.69) is 10.3 Å². The van der Waals surface area contributed by atoms with Gasteiger partial charge in [-0.2, -0.15) is 0 Å². The molecule has 7 heteroatoms. The van der Waals surface area contributed by atoms with Crippen LogP contribution in [0.3, 0.4) is 0 Å². The van der Waals surface area contributed by atoms with Gasteiger partial charge in [-0.1, -0.05) is 5.21 Å². The minimum absolute atomic E-state index is 0.319. The molecule has 7 nitrogen and oxygen atoms in total. The number of ether oxygens (including phenoxy) is 1. The lowest BCUT2D eigenvalue weighted by Crippen LogP contribution is -2.49. The monoisotopic (exact) mass is 282 g/mol. The summed E-state index contributed by atoms with van der Waals surface area (Å²) in [6, 6.07) is 0. The first-order chi connectivity index (χ1) is 9.27. The number of aromatic nitrogens is 3. The zero-order chi connectivity index (χ0) is 14.8. The molecule has 0 atom stereocenters. The van der Waals surface area contributed by atoms with Gasteiger partial charge < -0.3 is 14.7 Å². The van der Waals surface area contributed by atoms with Crippen LogP contribution in [-0.2, 0) is 11.3 Å². The second kappa shape index (κ2) is 5.40. The van der Waals surface area contributed by atoms with Crippen LogP contribution < -0.4 is 0 Å². The second-order valence-electron chi connectivity index (χ2n) is 6.29. The first kappa shape index (κ1) is 14.8.